The van der Waals surface area contributed by atoms with E-state index in [2.05, 4.69) is 10.6 Å². The van der Waals surface area contributed by atoms with Crippen molar-refractivity contribution >= 4 is 5.91 Å². The zero-order valence-electron chi connectivity index (χ0n) is 9.54. The van der Waals surface area contributed by atoms with E-state index in [1.165, 1.54) is 25.7 Å². The van der Waals surface area contributed by atoms with Crippen molar-refractivity contribution in [2.24, 2.45) is 17.8 Å². The van der Waals surface area contributed by atoms with Crippen LogP contribution in [0, 0.1) is 29.1 Å². The van der Waals surface area contributed by atoms with Crippen LogP contribution in [0.3, 0.4) is 0 Å². The summed E-state index contributed by atoms with van der Waals surface area (Å²) in [5, 5.41) is 14.0. The molecular weight excluding hydrogens is 202 g/mol. The highest BCUT2D eigenvalue weighted by molar-refractivity contribution is 5.78. The zero-order valence-corrected chi connectivity index (χ0v) is 9.54. The van der Waals surface area contributed by atoms with Gasteiger partial charge in [0.05, 0.1) is 12.6 Å². The SMILES string of the molecule is N#CCNC(=O)CNCC1CC2CCC1C2. The van der Waals surface area contributed by atoms with Crippen LogP contribution in [-0.4, -0.2) is 25.5 Å². The fourth-order valence-electron chi connectivity index (χ4n) is 3.20. The minimum atomic E-state index is -0.0790. The average Bonchev–Trinajstić information content (AvgIpc) is 2.88. The van der Waals surface area contributed by atoms with Crippen LogP contribution in [0.4, 0.5) is 0 Å². The first-order chi connectivity index (χ1) is 7.79. The molecule has 2 saturated carbocycles. The lowest BCUT2D eigenvalue weighted by Gasteiger charge is -2.21. The molecule has 2 aliphatic carbocycles. The Kier molecular flexibility index (Phi) is 3.79. The predicted molar refractivity (Wildman–Crippen MR) is 60.4 cm³/mol. The first kappa shape index (κ1) is 11.4. The van der Waals surface area contributed by atoms with Crippen molar-refractivity contribution in [3.8, 4) is 6.07 Å². The van der Waals surface area contributed by atoms with Gasteiger partial charge in [-0.2, -0.15) is 5.26 Å². The fourth-order valence-corrected chi connectivity index (χ4v) is 3.20. The van der Waals surface area contributed by atoms with Crippen LogP contribution in [0.1, 0.15) is 25.7 Å². The van der Waals surface area contributed by atoms with Crippen LogP contribution < -0.4 is 10.6 Å². The summed E-state index contributed by atoms with van der Waals surface area (Å²) in [4.78, 5) is 11.2. The van der Waals surface area contributed by atoms with Crippen molar-refractivity contribution in [1.82, 2.24) is 10.6 Å². The van der Waals surface area contributed by atoms with Gasteiger partial charge < -0.3 is 10.6 Å². The number of amides is 1. The largest absolute Gasteiger partial charge is 0.342 e. The van der Waals surface area contributed by atoms with Gasteiger partial charge in [0.25, 0.3) is 0 Å². The highest BCUT2D eigenvalue weighted by Gasteiger charge is 2.38. The second kappa shape index (κ2) is 5.31. The molecule has 3 atom stereocenters. The summed E-state index contributed by atoms with van der Waals surface area (Å²) < 4.78 is 0. The quantitative estimate of drug-likeness (QED) is 0.670. The first-order valence-corrected chi connectivity index (χ1v) is 6.14. The molecule has 0 radical (unpaired) electrons. The Balaban J connectivity index is 1.58. The maximum absolute atomic E-state index is 11.2. The lowest BCUT2D eigenvalue weighted by Crippen LogP contribution is -2.37. The Morgan fingerprint density at radius 2 is 2.25 bits per heavy atom. The molecule has 2 rings (SSSR count). The molecule has 16 heavy (non-hydrogen) atoms. The summed E-state index contributed by atoms with van der Waals surface area (Å²) in [6.07, 6.45) is 5.56. The molecule has 2 fully saturated rings. The predicted octanol–water partition coefficient (Wildman–Crippen LogP) is 0.652. The van der Waals surface area contributed by atoms with E-state index >= 15 is 0 Å². The molecule has 3 unspecified atom stereocenters. The van der Waals surface area contributed by atoms with Crippen molar-refractivity contribution in [3.63, 3.8) is 0 Å². The normalized spacial score (nSPS) is 31.3. The fraction of sp³-hybridized carbons (Fsp3) is 0.833. The van der Waals surface area contributed by atoms with Crippen LogP contribution in [-0.2, 0) is 4.79 Å². The smallest absolute Gasteiger partial charge is 0.234 e. The van der Waals surface area contributed by atoms with Gasteiger partial charge in [-0.15, -0.1) is 0 Å². The maximum Gasteiger partial charge on any atom is 0.234 e. The van der Waals surface area contributed by atoms with Gasteiger partial charge in [-0.1, -0.05) is 6.42 Å². The molecule has 2 N–H and O–H groups in total. The summed E-state index contributed by atoms with van der Waals surface area (Å²) in [6, 6.07) is 1.89. The number of nitriles is 1. The average molecular weight is 221 g/mol. The summed E-state index contributed by atoms with van der Waals surface area (Å²) in [5.74, 6) is 2.57. The number of carbonyl (C=O) groups is 1. The van der Waals surface area contributed by atoms with Crippen molar-refractivity contribution < 1.29 is 4.79 Å². The minimum Gasteiger partial charge on any atom is -0.342 e. The van der Waals surface area contributed by atoms with Crippen LogP contribution >= 0.6 is 0 Å². The lowest BCUT2D eigenvalue weighted by atomic mass is 9.89. The molecule has 88 valence electrons. The lowest BCUT2D eigenvalue weighted by molar-refractivity contribution is -0.120. The summed E-state index contributed by atoms with van der Waals surface area (Å²) in [5.41, 5.74) is 0. The number of fused-ring (bicyclic) bond motifs is 2. The van der Waals surface area contributed by atoms with Gasteiger partial charge in [-0.25, -0.2) is 0 Å². The number of hydrogen-bond donors (Lipinski definition) is 2. The van der Waals surface area contributed by atoms with Gasteiger partial charge in [-0.05, 0) is 43.6 Å². The summed E-state index contributed by atoms with van der Waals surface area (Å²) >= 11 is 0. The molecule has 4 nitrogen and oxygen atoms in total. The molecule has 0 aromatic rings. The van der Waals surface area contributed by atoms with E-state index in [0.717, 1.165) is 24.3 Å². The Hall–Kier alpha value is -1.08. The third-order valence-electron chi connectivity index (χ3n) is 3.94. The van der Waals surface area contributed by atoms with Gasteiger partial charge in [0.1, 0.15) is 6.54 Å². The monoisotopic (exact) mass is 221 g/mol. The standard InChI is InChI=1S/C12H19N3O/c13-3-4-15-12(16)8-14-7-11-6-9-1-2-10(11)5-9/h9-11,14H,1-2,4-8H2,(H,15,16). The van der Waals surface area contributed by atoms with Crippen LogP contribution in [0.25, 0.3) is 0 Å². The molecule has 4 heteroatoms. The number of rotatable bonds is 5. The number of hydrogen-bond acceptors (Lipinski definition) is 3. The molecule has 0 aromatic carbocycles. The van der Waals surface area contributed by atoms with Crippen LogP contribution in [0.2, 0.25) is 0 Å². The second-order valence-corrected chi connectivity index (χ2v) is 5.00. The molecule has 0 aromatic heterocycles. The Morgan fingerprint density at radius 1 is 1.38 bits per heavy atom. The first-order valence-electron chi connectivity index (χ1n) is 6.14. The van der Waals surface area contributed by atoms with Gasteiger partial charge in [0.2, 0.25) is 5.91 Å². The zero-order chi connectivity index (χ0) is 11.4. The Morgan fingerprint density at radius 3 is 2.88 bits per heavy atom. The number of carbonyl (C=O) groups excluding carboxylic acids is 1. The molecule has 0 aliphatic heterocycles. The molecule has 0 heterocycles. The third kappa shape index (κ3) is 2.73. The summed E-state index contributed by atoms with van der Waals surface area (Å²) in [7, 11) is 0. The van der Waals surface area contributed by atoms with Crippen LogP contribution in [0.5, 0.6) is 0 Å². The minimum absolute atomic E-state index is 0.0790. The van der Waals surface area contributed by atoms with E-state index in [9.17, 15) is 4.79 Å². The van der Waals surface area contributed by atoms with Gasteiger partial charge >= 0.3 is 0 Å². The molecule has 2 aliphatic rings. The molecule has 2 bridgehead atoms. The topological polar surface area (TPSA) is 64.9 Å². The maximum atomic E-state index is 11.2. The van der Waals surface area contributed by atoms with Crippen molar-refractivity contribution in [2.75, 3.05) is 19.6 Å². The van der Waals surface area contributed by atoms with E-state index in [-0.39, 0.29) is 12.5 Å². The summed E-state index contributed by atoms with van der Waals surface area (Å²) in [6.45, 7) is 1.41. The van der Waals surface area contributed by atoms with Gasteiger partial charge in [-0.3, -0.25) is 4.79 Å². The van der Waals surface area contributed by atoms with Crippen molar-refractivity contribution in [1.29, 1.82) is 5.26 Å². The van der Waals surface area contributed by atoms with Gasteiger partial charge in [0, 0.05) is 0 Å². The molecular formula is C12H19N3O. The van der Waals surface area contributed by atoms with Gasteiger partial charge in [0.15, 0.2) is 0 Å². The second-order valence-electron chi connectivity index (χ2n) is 5.00. The molecule has 0 saturated heterocycles. The van der Waals surface area contributed by atoms with E-state index in [0.29, 0.717) is 6.54 Å². The Bertz CT molecular complexity index is 297. The molecule has 1 amide bonds. The van der Waals surface area contributed by atoms with E-state index in [4.69, 9.17) is 5.26 Å². The van der Waals surface area contributed by atoms with Crippen LogP contribution in [0.15, 0.2) is 0 Å². The van der Waals surface area contributed by atoms with E-state index in [1.807, 2.05) is 6.07 Å². The van der Waals surface area contributed by atoms with Crippen molar-refractivity contribution in [3.05, 3.63) is 0 Å². The highest BCUT2D eigenvalue weighted by Crippen LogP contribution is 2.47. The molecule has 0 spiro atoms. The number of nitrogens with zero attached hydrogens (tertiary/aromatic N) is 1. The van der Waals surface area contributed by atoms with Crippen molar-refractivity contribution in [2.45, 2.75) is 25.7 Å². The Labute approximate surface area is 96.4 Å². The number of nitrogens with one attached hydrogen (secondary N) is 2. The highest BCUT2D eigenvalue weighted by atomic mass is 16.1. The van der Waals surface area contributed by atoms with E-state index < -0.39 is 0 Å². The van der Waals surface area contributed by atoms with E-state index in [1.54, 1.807) is 0 Å². The third-order valence-corrected chi connectivity index (χ3v) is 3.94.